The minimum atomic E-state index is -0.190. The Kier molecular flexibility index (Phi) is 5.91. The van der Waals surface area contributed by atoms with Crippen LogP contribution < -0.4 is 5.32 Å². The summed E-state index contributed by atoms with van der Waals surface area (Å²) in [6.45, 7) is 4.06. The second-order valence-corrected chi connectivity index (χ2v) is 7.11. The first-order valence-corrected chi connectivity index (χ1v) is 10.1. The van der Waals surface area contributed by atoms with Crippen LogP contribution in [0.25, 0.3) is 5.69 Å². The largest absolute Gasteiger partial charge is 0.322 e. The smallest absolute Gasteiger partial charge is 0.259 e. The Balaban J connectivity index is 1.55. The van der Waals surface area contributed by atoms with Gasteiger partial charge in [-0.15, -0.1) is 0 Å². The zero-order valence-corrected chi connectivity index (χ0v) is 17.5. The molecule has 0 aliphatic carbocycles. The molecule has 0 atom stereocenters. The molecule has 1 amide bonds. The van der Waals surface area contributed by atoms with Crippen LogP contribution in [0.3, 0.4) is 0 Å². The van der Waals surface area contributed by atoms with Crippen LogP contribution in [0.5, 0.6) is 0 Å². The van der Waals surface area contributed by atoms with E-state index in [9.17, 15) is 4.79 Å². The second-order valence-electron chi connectivity index (χ2n) is 7.11. The van der Waals surface area contributed by atoms with E-state index in [-0.39, 0.29) is 5.91 Å². The van der Waals surface area contributed by atoms with Crippen LogP contribution in [0.4, 0.5) is 5.69 Å². The summed E-state index contributed by atoms with van der Waals surface area (Å²) in [4.78, 5) is 17.2. The number of amides is 1. The zero-order chi connectivity index (χ0) is 21.6. The van der Waals surface area contributed by atoms with Crippen molar-refractivity contribution >= 4 is 11.6 Å². The zero-order valence-electron chi connectivity index (χ0n) is 17.5. The van der Waals surface area contributed by atoms with E-state index >= 15 is 0 Å². The molecule has 152 valence electrons. The van der Waals surface area contributed by atoms with Gasteiger partial charge in [0.25, 0.3) is 5.91 Å². The minimum Gasteiger partial charge on any atom is -0.322 e. The molecule has 31 heavy (non-hydrogen) atoms. The van der Waals surface area contributed by atoms with Gasteiger partial charge in [0, 0.05) is 17.4 Å². The lowest BCUT2D eigenvalue weighted by molar-refractivity contribution is 0.102. The number of hydrogen-bond acceptors (Lipinski definition) is 3. The van der Waals surface area contributed by atoms with Crippen molar-refractivity contribution < 1.29 is 4.79 Å². The van der Waals surface area contributed by atoms with E-state index in [2.05, 4.69) is 27.2 Å². The standard InChI is InChI=1S/C26H22N4O/c1-3-25-24(18-28-30(25)23-14-10-19(2)11-15-23)26(31)29-22-9-6-7-20(17-22)12-13-21-8-4-5-16-27-21/h4-11,14-18H,3H2,1-2H3,(H,29,31). The average Bonchev–Trinajstić information content (AvgIpc) is 3.23. The van der Waals surface area contributed by atoms with Gasteiger partial charge in [0.05, 0.1) is 23.1 Å². The number of carbonyl (C=O) groups is 1. The first-order chi connectivity index (χ1) is 15.1. The van der Waals surface area contributed by atoms with E-state index in [1.165, 1.54) is 5.56 Å². The van der Waals surface area contributed by atoms with Gasteiger partial charge in [-0.25, -0.2) is 9.67 Å². The highest BCUT2D eigenvalue weighted by Crippen LogP contribution is 2.18. The van der Waals surface area contributed by atoms with Crippen LogP contribution in [0, 0.1) is 18.8 Å². The van der Waals surface area contributed by atoms with Crippen LogP contribution >= 0.6 is 0 Å². The van der Waals surface area contributed by atoms with Crippen LogP contribution in [0.2, 0.25) is 0 Å². The van der Waals surface area contributed by atoms with Crippen molar-refractivity contribution in [3.8, 4) is 17.5 Å². The summed E-state index contributed by atoms with van der Waals surface area (Å²) in [6, 6.07) is 21.2. The molecule has 2 heterocycles. The molecule has 0 spiro atoms. The molecule has 4 aromatic rings. The summed E-state index contributed by atoms with van der Waals surface area (Å²) >= 11 is 0. The fourth-order valence-electron chi connectivity index (χ4n) is 3.26. The first-order valence-electron chi connectivity index (χ1n) is 10.1. The molecular formula is C26H22N4O. The number of hydrogen-bond donors (Lipinski definition) is 1. The topological polar surface area (TPSA) is 59.8 Å². The molecule has 0 aliphatic rings. The van der Waals surface area contributed by atoms with Crippen molar-refractivity contribution in [3.05, 3.63) is 107 Å². The van der Waals surface area contributed by atoms with Gasteiger partial charge in [-0.1, -0.05) is 42.7 Å². The van der Waals surface area contributed by atoms with Gasteiger partial charge in [0.15, 0.2) is 0 Å². The molecule has 0 saturated heterocycles. The lowest BCUT2D eigenvalue weighted by atomic mass is 10.1. The van der Waals surface area contributed by atoms with Gasteiger partial charge in [0.1, 0.15) is 5.69 Å². The van der Waals surface area contributed by atoms with E-state index < -0.39 is 0 Å². The van der Waals surface area contributed by atoms with Crippen molar-refractivity contribution in [3.63, 3.8) is 0 Å². The predicted molar refractivity (Wildman–Crippen MR) is 122 cm³/mol. The molecule has 0 unspecified atom stereocenters. The summed E-state index contributed by atoms with van der Waals surface area (Å²) in [5.41, 5.74) is 5.73. The van der Waals surface area contributed by atoms with Gasteiger partial charge < -0.3 is 5.32 Å². The Morgan fingerprint density at radius 3 is 2.61 bits per heavy atom. The molecule has 4 rings (SSSR count). The number of nitrogens with zero attached hydrogens (tertiary/aromatic N) is 3. The normalized spacial score (nSPS) is 10.3. The summed E-state index contributed by atoms with van der Waals surface area (Å²) in [6.07, 6.45) is 4.02. The number of aryl methyl sites for hydroxylation is 1. The Hall–Kier alpha value is -4.17. The van der Waals surface area contributed by atoms with Crippen LogP contribution in [0.1, 0.15) is 39.8 Å². The second kappa shape index (κ2) is 9.10. The van der Waals surface area contributed by atoms with Crippen LogP contribution in [0.15, 0.2) is 79.1 Å². The number of nitrogens with one attached hydrogen (secondary N) is 1. The highest BCUT2D eigenvalue weighted by atomic mass is 16.1. The summed E-state index contributed by atoms with van der Waals surface area (Å²) in [5, 5.41) is 7.43. The Labute approximate surface area is 181 Å². The first kappa shape index (κ1) is 20.1. The molecule has 5 heteroatoms. The lowest BCUT2D eigenvalue weighted by Crippen LogP contribution is -2.14. The van der Waals surface area contributed by atoms with Crippen molar-refractivity contribution in [2.75, 3.05) is 5.32 Å². The predicted octanol–water partition coefficient (Wildman–Crippen LogP) is 4.79. The van der Waals surface area contributed by atoms with Gasteiger partial charge in [-0.05, 0) is 61.7 Å². The monoisotopic (exact) mass is 406 g/mol. The van der Waals surface area contributed by atoms with E-state index in [4.69, 9.17) is 0 Å². The molecule has 0 fully saturated rings. The highest BCUT2D eigenvalue weighted by molar-refractivity contribution is 6.05. The average molecular weight is 406 g/mol. The fraction of sp³-hybridized carbons (Fsp3) is 0.115. The molecule has 1 N–H and O–H groups in total. The Morgan fingerprint density at radius 1 is 1.03 bits per heavy atom. The Bertz CT molecular complexity index is 1260. The molecule has 2 aromatic heterocycles. The van der Waals surface area contributed by atoms with Gasteiger partial charge in [0.2, 0.25) is 0 Å². The Morgan fingerprint density at radius 2 is 1.87 bits per heavy atom. The quantitative estimate of drug-likeness (QED) is 0.496. The van der Waals surface area contributed by atoms with E-state index in [1.807, 2.05) is 85.3 Å². The number of aromatic nitrogens is 3. The summed E-state index contributed by atoms with van der Waals surface area (Å²) in [5.74, 6) is 5.93. The van der Waals surface area contributed by atoms with Crippen LogP contribution in [-0.2, 0) is 6.42 Å². The van der Waals surface area contributed by atoms with Crippen molar-refractivity contribution in [2.45, 2.75) is 20.3 Å². The van der Waals surface area contributed by atoms with Gasteiger partial charge >= 0.3 is 0 Å². The number of benzene rings is 2. The molecular weight excluding hydrogens is 384 g/mol. The molecule has 0 bridgehead atoms. The number of carbonyl (C=O) groups excluding carboxylic acids is 1. The third kappa shape index (κ3) is 4.71. The third-order valence-electron chi connectivity index (χ3n) is 4.85. The summed E-state index contributed by atoms with van der Waals surface area (Å²) < 4.78 is 1.82. The van der Waals surface area contributed by atoms with E-state index in [0.717, 1.165) is 16.9 Å². The molecule has 0 aliphatic heterocycles. The SMILES string of the molecule is CCc1c(C(=O)Nc2cccc(C#Cc3ccccn3)c2)cnn1-c1ccc(C)cc1. The molecule has 0 saturated carbocycles. The highest BCUT2D eigenvalue weighted by Gasteiger charge is 2.17. The summed E-state index contributed by atoms with van der Waals surface area (Å²) in [7, 11) is 0. The van der Waals surface area contributed by atoms with Gasteiger partial charge in [-0.3, -0.25) is 4.79 Å². The fourth-order valence-corrected chi connectivity index (χ4v) is 3.26. The number of pyridine rings is 1. The van der Waals surface area contributed by atoms with Crippen molar-refractivity contribution in [1.29, 1.82) is 0 Å². The lowest BCUT2D eigenvalue weighted by Gasteiger charge is -2.09. The maximum absolute atomic E-state index is 13.0. The maximum atomic E-state index is 13.0. The molecule has 5 nitrogen and oxygen atoms in total. The minimum absolute atomic E-state index is 0.190. The van der Waals surface area contributed by atoms with Crippen LogP contribution in [-0.4, -0.2) is 20.7 Å². The van der Waals surface area contributed by atoms with E-state index in [0.29, 0.717) is 23.4 Å². The third-order valence-corrected chi connectivity index (χ3v) is 4.85. The molecule has 2 aromatic carbocycles. The van der Waals surface area contributed by atoms with Gasteiger partial charge in [-0.2, -0.15) is 5.10 Å². The maximum Gasteiger partial charge on any atom is 0.259 e. The van der Waals surface area contributed by atoms with Crippen molar-refractivity contribution in [1.82, 2.24) is 14.8 Å². The number of anilines is 1. The van der Waals surface area contributed by atoms with E-state index in [1.54, 1.807) is 12.4 Å². The molecule has 0 radical (unpaired) electrons. The van der Waals surface area contributed by atoms with Crippen molar-refractivity contribution in [2.24, 2.45) is 0 Å². The number of rotatable bonds is 4.